The Labute approximate surface area is 129 Å². The summed E-state index contributed by atoms with van der Waals surface area (Å²) in [6, 6.07) is 17.9. The fourth-order valence-corrected chi connectivity index (χ4v) is 2.58. The van der Waals surface area contributed by atoms with Gasteiger partial charge in [-0.1, -0.05) is 42.5 Å². The Morgan fingerprint density at radius 1 is 0.727 bits per heavy atom. The van der Waals surface area contributed by atoms with Crippen molar-refractivity contribution in [1.82, 2.24) is 0 Å². The summed E-state index contributed by atoms with van der Waals surface area (Å²) in [5.41, 5.74) is 1.07. The summed E-state index contributed by atoms with van der Waals surface area (Å²) >= 11 is 0. The van der Waals surface area contributed by atoms with E-state index < -0.39 is 0 Å². The molecule has 22 heavy (non-hydrogen) atoms. The molecule has 1 aliphatic heterocycles. The van der Waals surface area contributed by atoms with Gasteiger partial charge in [0.1, 0.15) is 12.7 Å². The number of carbonyl (C=O) groups is 2. The third-order valence-electron chi connectivity index (χ3n) is 3.75. The molecule has 3 rings (SSSR count). The topological polar surface area (TPSA) is 34.1 Å². The van der Waals surface area contributed by atoms with E-state index in [4.69, 9.17) is 0 Å². The van der Waals surface area contributed by atoms with E-state index in [1.165, 1.54) is 0 Å². The van der Waals surface area contributed by atoms with E-state index in [2.05, 4.69) is 0 Å². The highest BCUT2D eigenvalue weighted by Gasteiger charge is 2.44. The van der Waals surface area contributed by atoms with Crippen LogP contribution in [-0.2, 0) is 0 Å². The second kappa shape index (κ2) is 5.92. The SMILES string of the molecule is O=C(c1ccccc1)[N+]1(C(=O)c2ccccc2)C=CC=CC1. The lowest BCUT2D eigenvalue weighted by Gasteiger charge is -2.29. The highest BCUT2D eigenvalue weighted by Crippen LogP contribution is 2.23. The summed E-state index contributed by atoms with van der Waals surface area (Å²) in [4.78, 5) is 26.0. The quantitative estimate of drug-likeness (QED) is 0.626. The summed E-state index contributed by atoms with van der Waals surface area (Å²) in [7, 11) is 0. The van der Waals surface area contributed by atoms with E-state index in [0.29, 0.717) is 17.7 Å². The van der Waals surface area contributed by atoms with Crippen molar-refractivity contribution in [2.75, 3.05) is 6.54 Å². The van der Waals surface area contributed by atoms with Gasteiger partial charge in [0.05, 0.1) is 11.1 Å². The number of rotatable bonds is 2. The fraction of sp³-hybridized carbons (Fsp3) is 0.0526. The molecule has 2 amide bonds. The third kappa shape index (κ3) is 2.43. The van der Waals surface area contributed by atoms with Crippen molar-refractivity contribution < 1.29 is 14.1 Å². The molecule has 0 saturated carbocycles. The molecular weight excluding hydrogens is 274 g/mol. The van der Waals surface area contributed by atoms with Gasteiger partial charge in [0.2, 0.25) is 0 Å². The van der Waals surface area contributed by atoms with Crippen molar-refractivity contribution >= 4 is 11.8 Å². The Kier molecular flexibility index (Phi) is 3.81. The van der Waals surface area contributed by atoms with Gasteiger partial charge in [-0.25, -0.2) is 9.59 Å². The molecule has 108 valence electrons. The Morgan fingerprint density at radius 3 is 1.64 bits per heavy atom. The van der Waals surface area contributed by atoms with Gasteiger partial charge in [0.15, 0.2) is 0 Å². The van der Waals surface area contributed by atoms with Gasteiger partial charge >= 0.3 is 11.8 Å². The molecule has 3 heteroatoms. The van der Waals surface area contributed by atoms with E-state index in [1.54, 1.807) is 60.8 Å². The average Bonchev–Trinajstić information content (AvgIpc) is 2.62. The van der Waals surface area contributed by atoms with Gasteiger partial charge in [0.25, 0.3) is 0 Å². The Hall–Kier alpha value is -2.78. The van der Waals surface area contributed by atoms with Crippen LogP contribution in [-0.4, -0.2) is 22.8 Å². The van der Waals surface area contributed by atoms with Gasteiger partial charge < -0.3 is 0 Å². The number of quaternary nitrogens is 1. The number of hydrogen-bond acceptors (Lipinski definition) is 2. The lowest BCUT2D eigenvalue weighted by molar-refractivity contribution is -0.703. The van der Waals surface area contributed by atoms with E-state index in [1.807, 2.05) is 24.3 Å². The van der Waals surface area contributed by atoms with Gasteiger partial charge in [-0.15, -0.1) is 0 Å². The number of nitrogens with zero attached hydrogens (tertiary/aromatic N) is 1. The first kappa shape index (κ1) is 14.2. The van der Waals surface area contributed by atoms with E-state index in [-0.39, 0.29) is 16.3 Å². The summed E-state index contributed by atoms with van der Waals surface area (Å²) in [5.74, 6) is -0.426. The zero-order chi connectivity index (χ0) is 15.4. The minimum absolute atomic E-state index is 0.213. The Balaban J connectivity index is 2.07. The molecule has 0 aromatic heterocycles. The van der Waals surface area contributed by atoms with Gasteiger partial charge in [-0.3, -0.25) is 0 Å². The van der Waals surface area contributed by atoms with Crippen LogP contribution in [0.2, 0.25) is 0 Å². The minimum Gasteiger partial charge on any atom is -0.225 e. The smallest absolute Gasteiger partial charge is 0.225 e. The zero-order valence-corrected chi connectivity index (χ0v) is 12.1. The van der Waals surface area contributed by atoms with Crippen LogP contribution < -0.4 is 0 Å². The molecule has 2 aromatic carbocycles. The first-order chi connectivity index (χ1) is 10.7. The second-order valence-electron chi connectivity index (χ2n) is 5.16. The number of hydrogen-bond donors (Lipinski definition) is 0. The molecule has 0 radical (unpaired) electrons. The van der Waals surface area contributed by atoms with Gasteiger partial charge in [-0.2, -0.15) is 4.48 Å². The number of benzene rings is 2. The van der Waals surface area contributed by atoms with E-state index in [9.17, 15) is 9.59 Å². The zero-order valence-electron chi connectivity index (χ0n) is 12.1. The number of amides is 2. The largest absolute Gasteiger partial charge is 0.358 e. The highest BCUT2D eigenvalue weighted by molar-refractivity contribution is 6.02. The average molecular weight is 290 g/mol. The lowest BCUT2D eigenvalue weighted by Crippen LogP contribution is -2.53. The molecule has 0 fully saturated rings. The molecule has 2 aromatic rings. The van der Waals surface area contributed by atoms with Crippen LogP contribution in [0.15, 0.2) is 85.1 Å². The predicted octanol–water partition coefficient (Wildman–Crippen LogP) is 3.57. The second-order valence-corrected chi connectivity index (χ2v) is 5.16. The number of allylic oxidation sites excluding steroid dienone is 2. The molecule has 0 N–H and O–H groups in total. The van der Waals surface area contributed by atoms with Crippen molar-refractivity contribution in [3.63, 3.8) is 0 Å². The minimum atomic E-state index is -0.343. The van der Waals surface area contributed by atoms with E-state index in [0.717, 1.165) is 0 Å². The van der Waals surface area contributed by atoms with Crippen molar-refractivity contribution in [3.05, 3.63) is 96.2 Å². The standard InChI is InChI=1S/C19H16NO2/c21-18(16-10-4-1-5-11-16)20(14-8-3-9-15-20)19(22)17-12-6-2-7-13-17/h1-14H,15H2/q+1. The molecule has 1 heterocycles. The highest BCUT2D eigenvalue weighted by atomic mass is 16.2. The molecule has 0 spiro atoms. The van der Waals surface area contributed by atoms with E-state index >= 15 is 0 Å². The maximum atomic E-state index is 13.0. The Morgan fingerprint density at radius 2 is 1.23 bits per heavy atom. The van der Waals surface area contributed by atoms with Gasteiger partial charge in [-0.05, 0) is 36.4 Å². The van der Waals surface area contributed by atoms with Crippen LogP contribution >= 0.6 is 0 Å². The van der Waals surface area contributed by atoms with Crippen LogP contribution in [0.4, 0.5) is 0 Å². The third-order valence-corrected chi connectivity index (χ3v) is 3.75. The molecule has 0 atom stereocenters. The molecule has 0 bridgehead atoms. The Bertz CT molecular complexity index is 694. The van der Waals surface area contributed by atoms with Crippen LogP contribution in [0, 0.1) is 0 Å². The molecule has 0 aliphatic carbocycles. The lowest BCUT2D eigenvalue weighted by atomic mass is 10.1. The van der Waals surface area contributed by atoms with Crippen molar-refractivity contribution in [1.29, 1.82) is 0 Å². The summed E-state index contributed by atoms with van der Waals surface area (Å²) in [6.45, 7) is 0.331. The van der Waals surface area contributed by atoms with Crippen LogP contribution in [0.3, 0.4) is 0 Å². The van der Waals surface area contributed by atoms with Crippen molar-refractivity contribution in [3.8, 4) is 0 Å². The molecule has 1 aliphatic rings. The normalized spacial score (nSPS) is 15.5. The van der Waals surface area contributed by atoms with Crippen LogP contribution in [0.25, 0.3) is 0 Å². The van der Waals surface area contributed by atoms with Crippen molar-refractivity contribution in [2.24, 2.45) is 0 Å². The van der Waals surface area contributed by atoms with Crippen LogP contribution in [0.1, 0.15) is 20.7 Å². The van der Waals surface area contributed by atoms with Crippen molar-refractivity contribution in [2.45, 2.75) is 0 Å². The summed E-state index contributed by atoms with van der Waals surface area (Å²) in [6.07, 6.45) is 7.13. The number of imide groups is 1. The predicted molar refractivity (Wildman–Crippen MR) is 85.0 cm³/mol. The first-order valence-corrected chi connectivity index (χ1v) is 7.16. The van der Waals surface area contributed by atoms with Crippen LogP contribution in [0.5, 0.6) is 0 Å². The number of carbonyl (C=O) groups excluding carboxylic acids is 2. The fourth-order valence-electron chi connectivity index (χ4n) is 2.58. The van der Waals surface area contributed by atoms with Gasteiger partial charge in [0, 0.05) is 0 Å². The molecule has 0 unspecified atom stereocenters. The molecule has 0 saturated heterocycles. The maximum Gasteiger partial charge on any atom is 0.358 e. The molecular formula is C19H16NO2+. The maximum absolute atomic E-state index is 13.0. The first-order valence-electron chi connectivity index (χ1n) is 7.16. The molecule has 3 nitrogen and oxygen atoms in total. The summed E-state index contributed by atoms with van der Waals surface area (Å²) < 4.78 is -0.343. The summed E-state index contributed by atoms with van der Waals surface area (Å²) in [5, 5.41) is 0. The monoisotopic (exact) mass is 290 g/mol.